The van der Waals surface area contributed by atoms with Gasteiger partial charge in [-0.25, -0.2) is 18.7 Å². The Bertz CT molecular complexity index is 1630. The van der Waals surface area contributed by atoms with Crippen LogP contribution >= 0.6 is 12.6 Å². The Morgan fingerprint density at radius 3 is 2.38 bits per heavy atom. The fourth-order valence-electron chi connectivity index (χ4n) is 4.56. The van der Waals surface area contributed by atoms with Crippen LogP contribution in [0.4, 0.5) is 26.0 Å². The number of anilines is 3. The second kappa shape index (κ2) is 12.2. The average molecular weight is 559 g/mol. The Morgan fingerprint density at radius 2 is 1.65 bits per heavy atom. The van der Waals surface area contributed by atoms with E-state index < -0.39 is 11.6 Å². The molecule has 204 valence electrons. The highest BCUT2D eigenvalue weighted by molar-refractivity contribution is 7.80. The molecule has 6 rings (SSSR count). The van der Waals surface area contributed by atoms with Crippen LogP contribution in [-0.2, 0) is 0 Å². The standard InChI is InChI=1S/C24H24N6O.C6H4F2S/c1-31-21-4-2-3-20(13-21)29-7-9-30(10-8-29)24-22-12-17(5-6-23(22)27-16-28-24)18-11-19(25)15-26-14-18;7-4-1-2-6(9)5(8)3-4/h2-6,11-16H,7-10,25H2,1H3;1-3,9H. The molecule has 5 aromatic rings. The quantitative estimate of drug-likeness (QED) is 0.267. The van der Waals surface area contributed by atoms with Gasteiger partial charge in [-0.3, -0.25) is 4.98 Å². The molecule has 1 fully saturated rings. The number of benzene rings is 3. The van der Waals surface area contributed by atoms with E-state index in [0.29, 0.717) is 5.69 Å². The van der Waals surface area contributed by atoms with Gasteiger partial charge in [0.25, 0.3) is 0 Å². The molecule has 0 bridgehead atoms. The monoisotopic (exact) mass is 558 g/mol. The Balaban J connectivity index is 0.000000306. The summed E-state index contributed by atoms with van der Waals surface area (Å²) in [6, 6.07) is 19.6. The van der Waals surface area contributed by atoms with Crippen LogP contribution in [0.25, 0.3) is 22.0 Å². The first-order valence-corrected chi connectivity index (χ1v) is 13.1. The maximum atomic E-state index is 12.3. The summed E-state index contributed by atoms with van der Waals surface area (Å²) in [5.41, 5.74) is 10.7. The van der Waals surface area contributed by atoms with Crippen molar-refractivity contribution in [2.24, 2.45) is 0 Å². The number of methoxy groups -OCH3 is 1. The van der Waals surface area contributed by atoms with E-state index in [4.69, 9.17) is 10.5 Å². The highest BCUT2D eigenvalue weighted by Gasteiger charge is 2.21. The van der Waals surface area contributed by atoms with Crippen LogP contribution in [0.3, 0.4) is 0 Å². The zero-order valence-corrected chi connectivity index (χ0v) is 22.7. The van der Waals surface area contributed by atoms with E-state index in [1.807, 2.05) is 30.5 Å². The van der Waals surface area contributed by atoms with E-state index in [0.717, 1.165) is 71.9 Å². The number of halogens is 2. The van der Waals surface area contributed by atoms with Gasteiger partial charge in [-0.15, -0.1) is 12.6 Å². The maximum Gasteiger partial charge on any atom is 0.140 e. The van der Waals surface area contributed by atoms with Gasteiger partial charge in [-0.2, -0.15) is 0 Å². The van der Waals surface area contributed by atoms with Gasteiger partial charge in [0.15, 0.2) is 0 Å². The van der Waals surface area contributed by atoms with E-state index in [1.54, 1.807) is 19.6 Å². The fraction of sp³-hybridized carbons (Fsp3) is 0.167. The largest absolute Gasteiger partial charge is 0.497 e. The molecule has 0 aliphatic carbocycles. The molecular formula is C30H28F2N6OS. The van der Waals surface area contributed by atoms with Crippen LogP contribution in [0.15, 0.2) is 90.3 Å². The number of thiol groups is 1. The summed E-state index contributed by atoms with van der Waals surface area (Å²) in [5.74, 6) is 0.642. The summed E-state index contributed by atoms with van der Waals surface area (Å²) < 4.78 is 29.7. The number of nitrogens with two attached hydrogens (primary N) is 1. The fourth-order valence-corrected chi connectivity index (χ4v) is 4.69. The van der Waals surface area contributed by atoms with Gasteiger partial charge >= 0.3 is 0 Å². The Morgan fingerprint density at radius 1 is 0.850 bits per heavy atom. The zero-order valence-electron chi connectivity index (χ0n) is 21.8. The third-order valence-electron chi connectivity index (χ3n) is 6.61. The van der Waals surface area contributed by atoms with Crippen LogP contribution in [0, 0.1) is 11.6 Å². The van der Waals surface area contributed by atoms with Gasteiger partial charge in [0.1, 0.15) is 29.5 Å². The van der Waals surface area contributed by atoms with Crippen LogP contribution in [0.2, 0.25) is 0 Å². The molecule has 3 heterocycles. The topological polar surface area (TPSA) is 80.4 Å². The predicted molar refractivity (Wildman–Crippen MR) is 158 cm³/mol. The maximum absolute atomic E-state index is 12.3. The molecule has 2 aromatic heterocycles. The lowest BCUT2D eigenvalue weighted by molar-refractivity contribution is 0.414. The van der Waals surface area contributed by atoms with E-state index in [-0.39, 0.29) is 4.90 Å². The summed E-state index contributed by atoms with van der Waals surface area (Å²) in [6.07, 6.45) is 5.13. The third-order valence-corrected chi connectivity index (χ3v) is 6.98. The summed E-state index contributed by atoms with van der Waals surface area (Å²) in [4.78, 5) is 18.2. The van der Waals surface area contributed by atoms with Crippen molar-refractivity contribution in [1.82, 2.24) is 15.0 Å². The van der Waals surface area contributed by atoms with Gasteiger partial charge in [-0.05, 0) is 48.0 Å². The van der Waals surface area contributed by atoms with Gasteiger partial charge < -0.3 is 20.3 Å². The zero-order chi connectivity index (χ0) is 28.1. The number of hydrogen-bond donors (Lipinski definition) is 2. The molecule has 0 radical (unpaired) electrons. The summed E-state index contributed by atoms with van der Waals surface area (Å²) >= 11 is 3.70. The second-order valence-corrected chi connectivity index (χ2v) is 9.69. The normalized spacial score (nSPS) is 13.1. The highest BCUT2D eigenvalue weighted by Crippen LogP contribution is 2.30. The Hall–Kier alpha value is -4.44. The SMILES string of the molecule is COc1cccc(N2CCN(c3ncnc4ccc(-c5cncc(N)c5)cc34)CC2)c1.Fc1ccc(S)c(F)c1. The first-order chi connectivity index (χ1) is 19.4. The van der Waals surface area contributed by atoms with Crippen molar-refractivity contribution in [3.05, 3.63) is 97.1 Å². The minimum absolute atomic E-state index is 0.163. The van der Waals surface area contributed by atoms with E-state index in [9.17, 15) is 8.78 Å². The number of rotatable bonds is 4. The lowest BCUT2D eigenvalue weighted by Gasteiger charge is -2.37. The predicted octanol–water partition coefficient (Wildman–Crippen LogP) is 5.86. The number of pyridine rings is 1. The van der Waals surface area contributed by atoms with Crippen LogP contribution < -0.4 is 20.3 Å². The van der Waals surface area contributed by atoms with Crippen molar-refractivity contribution < 1.29 is 13.5 Å². The molecule has 7 nitrogen and oxygen atoms in total. The lowest BCUT2D eigenvalue weighted by Crippen LogP contribution is -2.46. The molecule has 0 unspecified atom stereocenters. The molecular weight excluding hydrogens is 530 g/mol. The highest BCUT2D eigenvalue weighted by atomic mass is 32.1. The Labute approximate surface area is 236 Å². The van der Waals surface area contributed by atoms with E-state index >= 15 is 0 Å². The van der Waals surface area contributed by atoms with Crippen molar-refractivity contribution in [2.45, 2.75) is 4.90 Å². The number of nitrogens with zero attached hydrogens (tertiary/aromatic N) is 5. The number of ether oxygens (including phenoxy) is 1. The molecule has 0 amide bonds. The minimum atomic E-state index is -0.627. The molecule has 1 saturated heterocycles. The summed E-state index contributed by atoms with van der Waals surface area (Å²) in [6.45, 7) is 3.59. The van der Waals surface area contributed by atoms with E-state index in [2.05, 4.69) is 61.6 Å². The molecule has 0 spiro atoms. The molecule has 40 heavy (non-hydrogen) atoms. The Kier molecular flexibility index (Phi) is 8.26. The number of hydrogen-bond acceptors (Lipinski definition) is 8. The smallest absolute Gasteiger partial charge is 0.140 e. The average Bonchev–Trinajstić information content (AvgIpc) is 2.99. The van der Waals surface area contributed by atoms with Crippen LogP contribution in [0.1, 0.15) is 0 Å². The minimum Gasteiger partial charge on any atom is -0.497 e. The van der Waals surface area contributed by atoms with E-state index in [1.165, 1.54) is 11.8 Å². The van der Waals surface area contributed by atoms with Crippen LogP contribution in [-0.4, -0.2) is 48.2 Å². The lowest BCUT2D eigenvalue weighted by atomic mass is 10.0. The molecule has 1 aliphatic rings. The van der Waals surface area contributed by atoms with Crippen molar-refractivity contribution in [3.63, 3.8) is 0 Å². The van der Waals surface area contributed by atoms with Crippen molar-refractivity contribution in [1.29, 1.82) is 0 Å². The molecule has 0 saturated carbocycles. The third kappa shape index (κ3) is 6.23. The van der Waals surface area contributed by atoms with Gasteiger partial charge in [0.2, 0.25) is 0 Å². The summed E-state index contributed by atoms with van der Waals surface area (Å²) in [7, 11) is 1.70. The molecule has 0 atom stereocenters. The second-order valence-electron chi connectivity index (χ2n) is 9.21. The first-order valence-electron chi connectivity index (χ1n) is 12.6. The molecule has 1 aliphatic heterocycles. The van der Waals surface area contributed by atoms with Crippen molar-refractivity contribution >= 4 is 40.7 Å². The number of nitrogen functional groups attached to an aromatic ring is 1. The van der Waals surface area contributed by atoms with Gasteiger partial charge in [0.05, 0.1) is 18.3 Å². The molecule has 2 N–H and O–H groups in total. The van der Waals surface area contributed by atoms with Crippen molar-refractivity contribution in [3.8, 4) is 16.9 Å². The van der Waals surface area contributed by atoms with Gasteiger partial charge in [0, 0.05) is 72.2 Å². The first kappa shape index (κ1) is 27.1. The number of piperazine rings is 1. The number of aromatic nitrogens is 3. The van der Waals surface area contributed by atoms with Crippen molar-refractivity contribution in [2.75, 3.05) is 48.8 Å². The number of fused-ring (bicyclic) bond motifs is 1. The van der Waals surface area contributed by atoms with Crippen LogP contribution in [0.5, 0.6) is 5.75 Å². The molecule has 3 aromatic carbocycles. The molecule has 10 heteroatoms. The van der Waals surface area contributed by atoms with Gasteiger partial charge in [-0.1, -0.05) is 12.1 Å². The summed E-state index contributed by atoms with van der Waals surface area (Å²) in [5, 5.41) is 1.04.